The van der Waals surface area contributed by atoms with E-state index in [2.05, 4.69) is 16.6 Å². The van der Waals surface area contributed by atoms with Crippen molar-refractivity contribution in [2.75, 3.05) is 13.1 Å². The molecule has 8 nitrogen and oxygen atoms in total. The number of azide groups is 1. The Morgan fingerprint density at radius 2 is 2.03 bits per heavy atom. The Balaban J connectivity index is 1.79. The highest BCUT2D eigenvalue weighted by Gasteiger charge is 2.60. The van der Waals surface area contributed by atoms with Gasteiger partial charge in [0, 0.05) is 18.0 Å². The molecule has 1 amide bonds. The summed E-state index contributed by atoms with van der Waals surface area (Å²) in [6, 6.07) is 9.38. The van der Waals surface area contributed by atoms with E-state index < -0.39 is 17.1 Å². The predicted octanol–water partition coefficient (Wildman–Crippen LogP) is 4.86. The quantitative estimate of drug-likeness (QED) is 0.213. The molecule has 4 atom stereocenters. The minimum Gasteiger partial charge on any atom is -0.460 e. The molecule has 1 saturated carbocycles. The van der Waals surface area contributed by atoms with Crippen molar-refractivity contribution in [3.63, 3.8) is 0 Å². The van der Waals surface area contributed by atoms with Gasteiger partial charge in [0.15, 0.2) is 0 Å². The van der Waals surface area contributed by atoms with E-state index in [1.807, 2.05) is 51.1 Å². The zero-order valence-electron chi connectivity index (χ0n) is 18.4. The number of carbonyl (C=O) groups excluding carboxylic acids is 2. The van der Waals surface area contributed by atoms with Crippen LogP contribution in [0, 0.1) is 17.8 Å². The van der Waals surface area contributed by atoms with Crippen molar-refractivity contribution in [3.8, 4) is 0 Å². The molecular weight excluding hydrogens is 396 g/mol. The van der Waals surface area contributed by atoms with Gasteiger partial charge in [-0.1, -0.05) is 41.5 Å². The predicted molar refractivity (Wildman–Crippen MR) is 116 cm³/mol. The number of hydrogen-bond donors (Lipinski definition) is 0. The number of fused-ring (bicyclic) bond motifs is 1. The largest absolute Gasteiger partial charge is 0.460 e. The maximum Gasteiger partial charge on any atom is 0.410 e. The highest BCUT2D eigenvalue weighted by atomic mass is 16.6. The molecule has 1 aromatic rings. The van der Waals surface area contributed by atoms with Crippen molar-refractivity contribution in [1.29, 1.82) is 0 Å². The number of allylic oxidation sites excluding steroid dienone is 1. The number of likely N-dealkylation sites (tertiary alicyclic amines) is 1. The molecule has 1 heterocycles. The fraction of sp³-hybridized carbons (Fsp3) is 0.565. The van der Waals surface area contributed by atoms with Crippen LogP contribution in [0.5, 0.6) is 0 Å². The van der Waals surface area contributed by atoms with E-state index >= 15 is 0 Å². The first-order valence-electron chi connectivity index (χ1n) is 10.6. The van der Waals surface area contributed by atoms with Gasteiger partial charge >= 0.3 is 12.1 Å². The number of hydrogen-bond acceptors (Lipinski definition) is 5. The summed E-state index contributed by atoms with van der Waals surface area (Å²) in [5, 5.41) is 4.00. The monoisotopic (exact) mass is 426 g/mol. The SMILES string of the molecule is C=CC[C@H]1[C@@H]2CN(C(=O)OC(C)(C)C)C[C@@H]2C[C@@]1(N=[N+]=[N-])C(=O)OCc1ccccc1. The van der Waals surface area contributed by atoms with E-state index in [1.165, 1.54) is 0 Å². The van der Waals surface area contributed by atoms with E-state index in [0.29, 0.717) is 25.9 Å². The zero-order chi connectivity index (χ0) is 22.6. The fourth-order valence-electron chi connectivity index (χ4n) is 4.82. The number of benzene rings is 1. The van der Waals surface area contributed by atoms with Gasteiger partial charge in [-0.25, -0.2) is 4.79 Å². The van der Waals surface area contributed by atoms with Gasteiger partial charge in [0.1, 0.15) is 17.7 Å². The minimum atomic E-state index is -1.30. The van der Waals surface area contributed by atoms with Gasteiger partial charge in [-0.3, -0.25) is 4.79 Å². The zero-order valence-corrected chi connectivity index (χ0v) is 18.4. The summed E-state index contributed by atoms with van der Waals surface area (Å²) < 4.78 is 11.1. The van der Waals surface area contributed by atoms with Crippen molar-refractivity contribution in [2.24, 2.45) is 22.9 Å². The molecule has 0 aromatic heterocycles. The van der Waals surface area contributed by atoms with Crippen molar-refractivity contribution in [3.05, 3.63) is 59.0 Å². The molecule has 166 valence electrons. The standard InChI is InChI=1S/C23H30N4O4/c1-5-9-19-18-14-27(21(29)31-22(2,3)4)13-17(18)12-23(19,25-26-24)20(28)30-15-16-10-7-6-8-11-16/h5-8,10-11,17-19H,1,9,12-15H2,2-4H3/t17-,18+,19-,23-/m0/s1. The topological polar surface area (TPSA) is 105 Å². The number of carbonyl (C=O) groups is 2. The molecule has 8 heteroatoms. The Bertz CT molecular complexity index is 875. The fourth-order valence-corrected chi connectivity index (χ4v) is 4.82. The van der Waals surface area contributed by atoms with E-state index in [4.69, 9.17) is 9.47 Å². The van der Waals surface area contributed by atoms with Crippen molar-refractivity contribution >= 4 is 12.1 Å². The van der Waals surface area contributed by atoms with Crippen molar-refractivity contribution in [2.45, 2.75) is 51.4 Å². The van der Waals surface area contributed by atoms with Crippen LogP contribution in [0.25, 0.3) is 10.4 Å². The van der Waals surface area contributed by atoms with Gasteiger partial charge in [0.2, 0.25) is 0 Å². The molecule has 1 saturated heterocycles. The second-order valence-electron chi connectivity index (χ2n) is 9.32. The van der Waals surface area contributed by atoms with Crippen LogP contribution in [0.2, 0.25) is 0 Å². The summed E-state index contributed by atoms with van der Waals surface area (Å²) in [5.41, 5.74) is 8.27. The lowest BCUT2D eigenvalue weighted by Crippen LogP contribution is -2.45. The molecule has 2 fully saturated rings. The molecular formula is C23H30N4O4. The van der Waals surface area contributed by atoms with E-state index in [1.54, 1.807) is 11.0 Å². The van der Waals surface area contributed by atoms with Gasteiger partial charge in [0.25, 0.3) is 0 Å². The first kappa shape index (κ1) is 22.7. The summed E-state index contributed by atoms with van der Waals surface area (Å²) >= 11 is 0. The van der Waals surface area contributed by atoms with Crippen LogP contribution in [0.4, 0.5) is 4.79 Å². The first-order valence-corrected chi connectivity index (χ1v) is 10.6. The Morgan fingerprint density at radius 3 is 2.65 bits per heavy atom. The molecule has 1 aromatic carbocycles. The van der Waals surface area contributed by atoms with Gasteiger partial charge in [0.05, 0.1) is 0 Å². The van der Waals surface area contributed by atoms with E-state index in [9.17, 15) is 15.1 Å². The number of rotatable bonds is 6. The maximum absolute atomic E-state index is 13.2. The lowest BCUT2D eigenvalue weighted by molar-refractivity contribution is -0.153. The number of nitrogens with zero attached hydrogens (tertiary/aromatic N) is 4. The third kappa shape index (κ3) is 4.85. The Morgan fingerprint density at radius 1 is 1.32 bits per heavy atom. The number of ether oxygens (including phenoxy) is 2. The van der Waals surface area contributed by atoms with Crippen LogP contribution < -0.4 is 0 Å². The van der Waals surface area contributed by atoms with Gasteiger partial charge in [-0.15, -0.1) is 6.58 Å². The molecule has 0 spiro atoms. The number of amides is 1. The lowest BCUT2D eigenvalue weighted by Gasteiger charge is -2.32. The average molecular weight is 427 g/mol. The van der Waals surface area contributed by atoms with Gasteiger partial charge < -0.3 is 14.4 Å². The summed E-state index contributed by atoms with van der Waals surface area (Å²) in [6.07, 6.45) is 2.20. The number of esters is 1. The second kappa shape index (κ2) is 9.02. The minimum absolute atomic E-state index is 0.000272. The first-order chi connectivity index (χ1) is 14.7. The molecule has 1 aliphatic heterocycles. The normalized spacial score (nSPS) is 27.2. The van der Waals surface area contributed by atoms with Crippen molar-refractivity contribution in [1.82, 2.24) is 4.90 Å². The molecule has 0 unspecified atom stereocenters. The van der Waals surface area contributed by atoms with Gasteiger partial charge in [-0.2, -0.15) is 0 Å². The van der Waals surface area contributed by atoms with Crippen LogP contribution in [0.15, 0.2) is 48.1 Å². The Hall–Kier alpha value is -2.99. The molecule has 31 heavy (non-hydrogen) atoms. The Kier molecular flexibility index (Phi) is 6.60. The summed E-state index contributed by atoms with van der Waals surface area (Å²) in [5.74, 6) is -0.784. The van der Waals surface area contributed by atoms with Crippen LogP contribution in [-0.4, -0.2) is 41.2 Å². The Labute approximate surface area is 182 Å². The smallest absolute Gasteiger partial charge is 0.410 e. The van der Waals surface area contributed by atoms with Crippen molar-refractivity contribution < 1.29 is 19.1 Å². The third-order valence-electron chi connectivity index (χ3n) is 6.06. The van der Waals surface area contributed by atoms with Gasteiger partial charge in [-0.05, 0) is 62.5 Å². The molecule has 0 radical (unpaired) electrons. The third-order valence-corrected chi connectivity index (χ3v) is 6.06. The summed E-state index contributed by atoms with van der Waals surface area (Å²) in [7, 11) is 0. The molecule has 1 aliphatic carbocycles. The highest BCUT2D eigenvalue weighted by molar-refractivity contribution is 5.82. The molecule has 0 bridgehead atoms. The van der Waals surface area contributed by atoms with Crippen LogP contribution in [0.1, 0.15) is 39.2 Å². The van der Waals surface area contributed by atoms with E-state index in [-0.39, 0.29) is 30.5 Å². The summed E-state index contributed by atoms with van der Waals surface area (Å²) in [6.45, 7) is 10.3. The molecule has 3 rings (SSSR count). The maximum atomic E-state index is 13.2. The average Bonchev–Trinajstić information content (AvgIpc) is 3.24. The summed E-state index contributed by atoms with van der Waals surface area (Å²) in [4.78, 5) is 30.5. The van der Waals surface area contributed by atoms with Crippen LogP contribution in [-0.2, 0) is 20.9 Å². The van der Waals surface area contributed by atoms with Crippen LogP contribution in [0.3, 0.4) is 0 Å². The lowest BCUT2D eigenvalue weighted by atomic mass is 9.81. The molecule has 0 N–H and O–H groups in total. The second-order valence-corrected chi connectivity index (χ2v) is 9.32. The van der Waals surface area contributed by atoms with E-state index in [0.717, 1.165) is 5.56 Å². The highest BCUT2D eigenvalue weighted by Crippen LogP contribution is 2.52. The molecule has 2 aliphatic rings. The van der Waals surface area contributed by atoms with Crippen LogP contribution >= 0.6 is 0 Å².